The summed E-state index contributed by atoms with van der Waals surface area (Å²) in [5.41, 5.74) is 3.69. The van der Waals surface area contributed by atoms with Crippen molar-refractivity contribution in [2.75, 3.05) is 0 Å². The van der Waals surface area contributed by atoms with Gasteiger partial charge in [0.1, 0.15) is 5.82 Å². The Morgan fingerprint density at radius 2 is 2.12 bits per heavy atom. The van der Waals surface area contributed by atoms with Crippen molar-refractivity contribution in [1.29, 1.82) is 0 Å². The molecular formula is C23H18F2N6O2. The number of aromatic nitrogens is 5. The Bertz CT molecular complexity index is 1500. The minimum Gasteiger partial charge on any atom is -0.417 e. The highest BCUT2D eigenvalue weighted by molar-refractivity contribution is 5.97. The Morgan fingerprint density at radius 3 is 2.91 bits per heavy atom. The number of carbonyl (C=O) groups excluding carboxylic acids is 1. The van der Waals surface area contributed by atoms with E-state index in [4.69, 9.17) is 9.72 Å². The summed E-state index contributed by atoms with van der Waals surface area (Å²) < 4.78 is 34.5. The number of imidazole rings is 1. The molecule has 2 bridgehead atoms. The summed E-state index contributed by atoms with van der Waals surface area (Å²) in [7, 11) is 1.82. The van der Waals surface area contributed by atoms with Gasteiger partial charge in [0, 0.05) is 32.9 Å². The van der Waals surface area contributed by atoms with Crippen molar-refractivity contribution in [3.05, 3.63) is 70.9 Å². The molecule has 0 spiro atoms. The van der Waals surface area contributed by atoms with E-state index in [1.807, 2.05) is 36.0 Å². The number of carbonyl (C=O) groups is 1. The number of alkyl halides is 2. The molecule has 2 aliphatic heterocycles. The van der Waals surface area contributed by atoms with Gasteiger partial charge in [0.2, 0.25) is 5.88 Å². The van der Waals surface area contributed by atoms with Crippen LogP contribution >= 0.6 is 0 Å². The molecule has 5 heterocycles. The van der Waals surface area contributed by atoms with Crippen LogP contribution in [-0.2, 0) is 7.05 Å². The maximum absolute atomic E-state index is 13.1. The van der Waals surface area contributed by atoms with Crippen LogP contribution in [-0.4, -0.2) is 36.8 Å². The Labute approximate surface area is 187 Å². The van der Waals surface area contributed by atoms with Gasteiger partial charge in [-0.05, 0) is 24.3 Å². The summed E-state index contributed by atoms with van der Waals surface area (Å²) in [4.78, 5) is 21.5. The minimum absolute atomic E-state index is 0. The van der Waals surface area contributed by atoms with Gasteiger partial charge in [-0.1, -0.05) is 11.8 Å². The Balaban J connectivity index is 0.00000241. The average molecular weight is 448 g/mol. The minimum atomic E-state index is -3.05. The van der Waals surface area contributed by atoms with Gasteiger partial charge < -0.3 is 14.6 Å². The number of nitrogens with zero attached hydrogens (tertiary/aromatic N) is 5. The highest BCUT2D eigenvalue weighted by atomic mass is 19.3. The lowest BCUT2D eigenvalue weighted by atomic mass is 10.0. The first kappa shape index (κ1) is 19.4. The van der Waals surface area contributed by atoms with Crippen LogP contribution in [0.1, 0.15) is 52.8 Å². The van der Waals surface area contributed by atoms with E-state index in [-0.39, 0.29) is 24.8 Å². The normalized spacial score (nSPS) is 18.4. The first-order chi connectivity index (χ1) is 16.0. The summed E-state index contributed by atoms with van der Waals surface area (Å²) in [6.45, 7) is -3.05. The second kappa shape index (κ2) is 7.13. The number of halogens is 2. The third kappa shape index (κ3) is 3.12. The van der Waals surface area contributed by atoms with Crippen LogP contribution in [0.3, 0.4) is 0 Å². The smallest absolute Gasteiger partial charge is 0.388 e. The Morgan fingerprint density at radius 1 is 1.27 bits per heavy atom. The fourth-order valence-electron chi connectivity index (χ4n) is 4.59. The van der Waals surface area contributed by atoms with Gasteiger partial charge in [-0.15, -0.1) is 0 Å². The molecule has 8 nitrogen and oxygen atoms in total. The predicted octanol–water partition coefficient (Wildman–Crippen LogP) is 3.19. The van der Waals surface area contributed by atoms with Crippen LogP contribution in [0.4, 0.5) is 8.78 Å². The predicted molar refractivity (Wildman–Crippen MR) is 115 cm³/mol. The molecule has 10 heteroatoms. The molecule has 2 unspecified atom stereocenters. The largest absolute Gasteiger partial charge is 0.417 e. The lowest BCUT2D eigenvalue weighted by Crippen LogP contribution is -2.28. The van der Waals surface area contributed by atoms with E-state index in [0.29, 0.717) is 17.8 Å². The molecule has 0 saturated carbocycles. The number of amides is 1. The van der Waals surface area contributed by atoms with Gasteiger partial charge in [0.15, 0.2) is 0 Å². The van der Waals surface area contributed by atoms with E-state index >= 15 is 0 Å². The lowest BCUT2D eigenvalue weighted by molar-refractivity contribution is -0.0537. The standard InChI is InChI=1S/C23H16F2N6O2.H2/c1-30-11-13(10-27-30)3-2-12-4-5-15-17(8-12)31-18-9-16(20(31)28-15)29-21(32)14-6-7-26-22(19(14)18)33-23(24)25;/h4-8,10-11,16,18,23H,9H2,1H3,(H,29,32);1H. The summed E-state index contributed by atoms with van der Waals surface area (Å²) >= 11 is 0. The van der Waals surface area contributed by atoms with Crippen molar-refractivity contribution >= 4 is 16.9 Å². The van der Waals surface area contributed by atoms with E-state index in [9.17, 15) is 13.6 Å². The zero-order valence-electron chi connectivity index (χ0n) is 17.3. The van der Waals surface area contributed by atoms with E-state index in [1.165, 1.54) is 12.3 Å². The summed E-state index contributed by atoms with van der Waals surface area (Å²) in [5, 5.41) is 7.07. The molecule has 2 atom stereocenters. The molecule has 1 N–H and O–H groups in total. The molecule has 1 amide bonds. The van der Waals surface area contributed by atoms with Crippen molar-refractivity contribution < 1.29 is 19.7 Å². The molecule has 0 fully saturated rings. The van der Waals surface area contributed by atoms with Gasteiger partial charge in [-0.25, -0.2) is 9.97 Å². The number of fused-ring (bicyclic) bond motifs is 9. The highest BCUT2D eigenvalue weighted by Crippen LogP contribution is 2.46. The van der Waals surface area contributed by atoms with E-state index in [0.717, 1.165) is 22.2 Å². The number of nitrogens with one attached hydrogen (secondary N) is 1. The number of rotatable bonds is 2. The molecule has 6 rings (SSSR count). The van der Waals surface area contributed by atoms with Crippen LogP contribution in [0.5, 0.6) is 5.88 Å². The van der Waals surface area contributed by atoms with Crippen LogP contribution in [0.2, 0.25) is 0 Å². The third-order valence-corrected chi connectivity index (χ3v) is 5.89. The summed E-state index contributed by atoms with van der Waals surface area (Å²) in [6.07, 6.45) is 5.28. The molecule has 3 aromatic heterocycles. The second-order valence-corrected chi connectivity index (χ2v) is 7.93. The van der Waals surface area contributed by atoms with Crippen molar-refractivity contribution in [3.63, 3.8) is 0 Å². The fourth-order valence-corrected chi connectivity index (χ4v) is 4.59. The van der Waals surface area contributed by atoms with Gasteiger partial charge >= 0.3 is 6.61 Å². The molecule has 0 radical (unpaired) electrons. The number of hydrogen-bond donors (Lipinski definition) is 1. The summed E-state index contributed by atoms with van der Waals surface area (Å²) in [6, 6.07) is 6.38. The number of pyridine rings is 1. The van der Waals surface area contributed by atoms with Gasteiger partial charge in [0.25, 0.3) is 5.91 Å². The first-order valence-electron chi connectivity index (χ1n) is 10.2. The van der Waals surface area contributed by atoms with E-state index < -0.39 is 12.7 Å². The molecule has 4 aromatic rings. The lowest BCUT2D eigenvalue weighted by Gasteiger charge is -2.20. The highest BCUT2D eigenvalue weighted by Gasteiger charge is 2.42. The number of hydrogen-bond acceptors (Lipinski definition) is 5. The molecular weight excluding hydrogens is 430 g/mol. The van der Waals surface area contributed by atoms with Gasteiger partial charge in [-0.3, -0.25) is 9.48 Å². The van der Waals surface area contributed by atoms with Gasteiger partial charge in [-0.2, -0.15) is 13.9 Å². The molecule has 0 saturated heterocycles. The fraction of sp³-hybridized carbons (Fsp3) is 0.217. The number of benzene rings is 1. The topological polar surface area (TPSA) is 86.9 Å². The van der Waals surface area contributed by atoms with Crippen LogP contribution in [0.25, 0.3) is 11.0 Å². The van der Waals surface area contributed by atoms with Crippen LogP contribution < -0.4 is 10.1 Å². The zero-order valence-corrected chi connectivity index (χ0v) is 17.3. The zero-order chi connectivity index (χ0) is 22.7. The van der Waals surface area contributed by atoms with Crippen LogP contribution in [0, 0.1) is 11.8 Å². The quantitative estimate of drug-likeness (QED) is 0.476. The Kier molecular flexibility index (Phi) is 4.20. The van der Waals surface area contributed by atoms with Crippen molar-refractivity contribution in [2.24, 2.45) is 7.05 Å². The monoisotopic (exact) mass is 448 g/mol. The summed E-state index contributed by atoms with van der Waals surface area (Å²) in [5.74, 6) is 6.27. The molecule has 1 aromatic carbocycles. The van der Waals surface area contributed by atoms with Gasteiger partial charge in [0.05, 0.1) is 46.0 Å². The van der Waals surface area contributed by atoms with E-state index in [2.05, 4.69) is 27.2 Å². The average Bonchev–Trinajstić information content (AvgIpc) is 3.43. The number of aryl methyl sites for hydroxylation is 1. The first-order valence-corrected chi connectivity index (χ1v) is 10.2. The van der Waals surface area contributed by atoms with Crippen LogP contribution in [0.15, 0.2) is 42.9 Å². The molecule has 2 aliphatic rings. The Hall–Kier alpha value is -4.26. The maximum Gasteiger partial charge on any atom is 0.388 e. The molecule has 0 aliphatic carbocycles. The maximum atomic E-state index is 13.1. The second-order valence-electron chi connectivity index (χ2n) is 7.93. The van der Waals surface area contributed by atoms with Crippen molar-refractivity contribution in [2.45, 2.75) is 25.1 Å². The molecule has 33 heavy (non-hydrogen) atoms. The SMILES string of the molecule is Cn1cc(C#Cc2ccc3nc4n(c3c2)C2CC4NC(=O)c3ccnc(OC(F)F)c32)cn1.[HH]. The number of ether oxygens (including phenoxy) is 1. The van der Waals surface area contributed by atoms with E-state index in [1.54, 1.807) is 10.9 Å². The van der Waals surface area contributed by atoms with Crippen molar-refractivity contribution in [3.8, 4) is 17.7 Å². The van der Waals surface area contributed by atoms with Crippen molar-refractivity contribution in [1.82, 2.24) is 29.6 Å². The third-order valence-electron chi connectivity index (χ3n) is 5.89. The molecule has 166 valence electrons.